The molecule has 2 heterocycles. The molecule has 0 radical (unpaired) electrons. The van der Waals surface area contributed by atoms with E-state index in [0.717, 1.165) is 6.20 Å². The van der Waals surface area contributed by atoms with Gasteiger partial charge >= 0.3 is 0 Å². The topological polar surface area (TPSA) is 96.0 Å². The van der Waals surface area contributed by atoms with E-state index in [-0.39, 0.29) is 11.6 Å². The minimum Gasteiger partial charge on any atom is -0.476 e. The first-order valence-electron chi connectivity index (χ1n) is 4.86. The van der Waals surface area contributed by atoms with Crippen molar-refractivity contribution in [2.75, 3.05) is 6.61 Å². The molecular formula is C9H9N5O3. The third-order valence-corrected chi connectivity index (χ3v) is 1.98. The molecule has 2 aromatic rings. The summed E-state index contributed by atoms with van der Waals surface area (Å²) < 4.78 is 6.64. The van der Waals surface area contributed by atoms with Crippen molar-refractivity contribution in [2.24, 2.45) is 0 Å². The summed E-state index contributed by atoms with van der Waals surface area (Å²) >= 11 is 0. The molecule has 0 aromatic carbocycles. The Morgan fingerprint density at radius 1 is 1.59 bits per heavy atom. The molecule has 0 spiro atoms. The minimum absolute atomic E-state index is 0.126. The summed E-state index contributed by atoms with van der Waals surface area (Å²) in [6.45, 7) is 2.21. The van der Waals surface area contributed by atoms with Crippen molar-refractivity contribution < 1.29 is 9.66 Å². The molecule has 0 saturated heterocycles. The Hall–Kier alpha value is -2.51. The molecule has 0 bridgehead atoms. The second-order valence-electron chi connectivity index (χ2n) is 3.06. The normalized spacial score (nSPS) is 10.2. The standard InChI is InChI=1S/C9H9N5O3/c1-2-17-9-8(13-4-3-11-12-13)5-7(6-10-9)14(15)16/h3-6H,2H2,1H3. The Morgan fingerprint density at radius 2 is 2.41 bits per heavy atom. The van der Waals surface area contributed by atoms with E-state index in [0.29, 0.717) is 12.3 Å². The number of aromatic nitrogens is 4. The van der Waals surface area contributed by atoms with E-state index < -0.39 is 4.92 Å². The van der Waals surface area contributed by atoms with Gasteiger partial charge in [-0.3, -0.25) is 10.1 Å². The highest BCUT2D eigenvalue weighted by molar-refractivity contribution is 5.47. The summed E-state index contributed by atoms with van der Waals surface area (Å²) in [7, 11) is 0. The van der Waals surface area contributed by atoms with E-state index in [1.807, 2.05) is 0 Å². The lowest BCUT2D eigenvalue weighted by Gasteiger charge is -2.07. The SMILES string of the molecule is CCOc1ncc([N+](=O)[O-])cc1-n1ccnn1. The van der Waals surface area contributed by atoms with Crippen LogP contribution in [0.1, 0.15) is 6.92 Å². The largest absolute Gasteiger partial charge is 0.476 e. The number of pyridine rings is 1. The molecule has 88 valence electrons. The van der Waals surface area contributed by atoms with Gasteiger partial charge in [0, 0.05) is 6.07 Å². The highest BCUT2D eigenvalue weighted by Gasteiger charge is 2.15. The van der Waals surface area contributed by atoms with E-state index in [1.54, 1.807) is 13.1 Å². The zero-order chi connectivity index (χ0) is 12.3. The van der Waals surface area contributed by atoms with Crippen molar-refractivity contribution in [1.82, 2.24) is 20.0 Å². The van der Waals surface area contributed by atoms with E-state index in [1.165, 1.54) is 16.9 Å². The van der Waals surface area contributed by atoms with Crippen LogP contribution in [0.15, 0.2) is 24.7 Å². The Balaban J connectivity index is 2.51. The molecule has 8 heteroatoms. The highest BCUT2D eigenvalue weighted by atomic mass is 16.6. The van der Waals surface area contributed by atoms with Gasteiger partial charge in [-0.15, -0.1) is 5.10 Å². The van der Waals surface area contributed by atoms with Crippen molar-refractivity contribution in [2.45, 2.75) is 6.92 Å². The first-order chi connectivity index (χ1) is 8.22. The molecule has 0 fully saturated rings. The van der Waals surface area contributed by atoms with Gasteiger partial charge in [-0.2, -0.15) is 0 Å². The molecule has 2 aromatic heterocycles. The second kappa shape index (κ2) is 4.56. The maximum atomic E-state index is 10.7. The van der Waals surface area contributed by atoms with E-state index in [4.69, 9.17) is 4.74 Å². The van der Waals surface area contributed by atoms with Crippen molar-refractivity contribution in [3.63, 3.8) is 0 Å². The zero-order valence-corrected chi connectivity index (χ0v) is 8.98. The first kappa shape index (κ1) is 11.0. The Bertz CT molecular complexity index is 525. The van der Waals surface area contributed by atoms with E-state index in [9.17, 15) is 10.1 Å². The van der Waals surface area contributed by atoms with Crippen molar-refractivity contribution >= 4 is 5.69 Å². The summed E-state index contributed by atoms with van der Waals surface area (Å²) in [5.74, 6) is 0.281. The predicted molar refractivity (Wildman–Crippen MR) is 57.0 cm³/mol. The predicted octanol–water partition coefficient (Wildman–Crippen LogP) is 0.969. The van der Waals surface area contributed by atoms with Crippen LogP contribution in [0.4, 0.5) is 5.69 Å². The summed E-state index contributed by atoms with van der Waals surface area (Å²) in [5.41, 5.74) is 0.262. The van der Waals surface area contributed by atoms with Crippen molar-refractivity contribution in [1.29, 1.82) is 0 Å². The van der Waals surface area contributed by atoms with Crippen LogP contribution in [0.3, 0.4) is 0 Å². The molecule has 0 unspecified atom stereocenters. The second-order valence-corrected chi connectivity index (χ2v) is 3.06. The monoisotopic (exact) mass is 235 g/mol. The van der Waals surface area contributed by atoms with Crippen LogP contribution in [0, 0.1) is 10.1 Å². The average Bonchev–Trinajstić information content (AvgIpc) is 2.83. The quantitative estimate of drug-likeness (QED) is 0.578. The molecule has 0 atom stereocenters. The molecule has 17 heavy (non-hydrogen) atoms. The third kappa shape index (κ3) is 2.19. The van der Waals surface area contributed by atoms with Gasteiger partial charge in [-0.1, -0.05) is 5.21 Å². The number of nitro groups is 1. The van der Waals surface area contributed by atoms with Crippen LogP contribution in [0.5, 0.6) is 5.88 Å². The number of hydrogen-bond donors (Lipinski definition) is 0. The summed E-state index contributed by atoms with van der Waals surface area (Å²) in [6.07, 6.45) is 4.17. The smallest absolute Gasteiger partial charge is 0.290 e. The number of rotatable bonds is 4. The van der Waals surface area contributed by atoms with Crippen LogP contribution < -0.4 is 4.74 Å². The number of ether oxygens (including phenoxy) is 1. The van der Waals surface area contributed by atoms with Gasteiger partial charge in [0.1, 0.15) is 11.9 Å². The molecule has 0 aliphatic rings. The maximum Gasteiger partial charge on any atom is 0.290 e. The third-order valence-electron chi connectivity index (χ3n) is 1.98. The molecule has 0 N–H and O–H groups in total. The van der Waals surface area contributed by atoms with Gasteiger partial charge < -0.3 is 4.74 Å². The van der Waals surface area contributed by atoms with Crippen LogP contribution in [-0.2, 0) is 0 Å². The van der Waals surface area contributed by atoms with Gasteiger partial charge in [0.25, 0.3) is 5.69 Å². The lowest BCUT2D eigenvalue weighted by atomic mass is 10.3. The Morgan fingerprint density at radius 3 is 3.00 bits per heavy atom. The van der Waals surface area contributed by atoms with Crippen LogP contribution in [0.2, 0.25) is 0 Å². The highest BCUT2D eigenvalue weighted by Crippen LogP contribution is 2.23. The zero-order valence-electron chi connectivity index (χ0n) is 8.98. The van der Waals surface area contributed by atoms with Crippen LogP contribution in [0.25, 0.3) is 5.69 Å². The molecule has 2 rings (SSSR count). The van der Waals surface area contributed by atoms with Gasteiger partial charge in [-0.05, 0) is 6.92 Å². The molecule has 0 aliphatic carbocycles. The van der Waals surface area contributed by atoms with Crippen molar-refractivity contribution in [3.05, 3.63) is 34.8 Å². The van der Waals surface area contributed by atoms with Gasteiger partial charge in [0.2, 0.25) is 5.88 Å². The van der Waals surface area contributed by atoms with Gasteiger partial charge in [0.05, 0.1) is 23.9 Å². The summed E-state index contributed by atoms with van der Waals surface area (Å²) in [4.78, 5) is 14.0. The van der Waals surface area contributed by atoms with E-state index >= 15 is 0 Å². The maximum absolute atomic E-state index is 10.7. The molecular weight excluding hydrogens is 226 g/mol. The van der Waals surface area contributed by atoms with Crippen LogP contribution in [-0.4, -0.2) is 31.5 Å². The van der Waals surface area contributed by atoms with Crippen molar-refractivity contribution in [3.8, 4) is 11.6 Å². The molecule has 0 aliphatic heterocycles. The Kier molecular flexibility index (Phi) is 2.95. The lowest BCUT2D eigenvalue weighted by Crippen LogP contribution is -2.04. The fraction of sp³-hybridized carbons (Fsp3) is 0.222. The lowest BCUT2D eigenvalue weighted by molar-refractivity contribution is -0.385. The van der Waals surface area contributed by atoms with Gasteiger partial charge in [-0.25, -0.2) is 9.67 Å². The summed E-state index contributed by atoms with van der Waals surface area (Å²) in [5, 5.41) is 18.1. The molecule has 0 saturated carbocycles. The number of hydrogen-bond acceptors (Lipinski definition) is 6. The van der Waals surface area contributed by atoms with Gasteiger partial charge in [0.15, 0.2) is 0 Å². The average molecular weight is 235 g/mol. The van der Waals surface area contributed by atoms with Crippen LogP contribution >= 0.6 is 0 Å². The first-order valence-corrected chi connectivity index (χ1v) is 4.86. The molecule has 8 nitrogen and oxygen atoms in total. The Labute approximate surface area is 96.0 Å². The van der Waals surface area contributed by atoms with E-state index in [2.05, 4.69) is 15.3 Å². The fourth-order valence-corrected chi connectivity index (χ4v) is 1.28. The molecule has 0 amide bonds. The minimum atomic E-state index is -0.525. The fourth-order valence-electron chi connectivity index (χ4n) is 1.28. The summed E-state index contributed by atoms with van der Waals surface area (Å²) in [6, 6.07) is 1.34. The number of nitrogens with zero attached hydrogens (tertiary/aromatic N) is 5.